The van der Waals surface area contributed by atoms with E-state index in [4.69, 9.17) is 9.52 Å². The number of rotatable bonds is 5. The van der Waals surface area contributed by atoms with Gasteiger partial charge in [-0.2, -0.15) is 0 Å². The van der Waals surface area contributed by atoms with Gasteiger partial charge in [0.15, 0.2) is 0 Å². The zero-order valence-corrected chi connectivity index (χ0v) is 12.4. The summed E-state index contributed by atoms with van der Waals surface area (Å²) in [6, 6.07) is 6.39. The van der Waals surface area contributed by atoms with E-state index in [9.17, 15) is 12.8 Å². The summed E-state index contributed by atoms with van der Waals surface area (Å²) in [7, 11) is -3.82. The first kappa shape index (κ1) is 15.7. The number of aliphatic hydroxyl groups is 1. The van der Waals surface area contributed by atoms with Crippen molar-refractivity contribution in [2.24, 2.45) is 0 Å². The van der Waals surface area contributed by atoms with Crippen LogP contribution in [0.2, 0.25) is 0 Å². The first-order chi connectivity index (χ1) is 9.83. The first-order valence-corrected chi connectivity index (χ1v) is 7.80. The van der Waals surface area contributed by atoms with E-state index in [0.717, 1.165) is 0 Å². The molecule has 0 amide bonds. The van der Waals surface area contributed by atoms with E-state index in [-0.39, 0.29) is 23.0 Å². The Bertz CT molecular complexity index is 739. The molecule has 0 spiro atoms. The van der Waals surface area contributed by atoms with Crippen molar-refractivity contribution in [2.45, 2.75) is 31.4 Å². The molecule has 0 fully saturated rings. The second-order valence-electron chi connectivity index (χ2n) is 4.69. The summed E-state index contributed by atoms with van der Waals surface area (Å²) < 4.78 is 45.4. The van der Waals surface area contributed by atoms with Crippen molar-refractivity contribution in [3.8, 4) is 0 Å². The zero-order chi connectivity index (χ0) is 15.6. The number of hydrogen-bond acceptors (Lipinski definition) is 4. The van der Waals surface area contributed by atoms with E-state index < -0.39 is 21.9 Å². The van der Waals surface area contributed by atoms with Crippen LogP contribution >= 0.6 is 0 Å². The molecule has 0 aliphatic heterocycles. The standard InChI is InChI=1S/C14H16FNO4S/c1-9(11-4-3-5-12(15)6-11)16-21(18,19)14-7-13(8-17)20-10(14)2/h3-7,9,16-17H,8H2,1-2H3. The molecule has 2 aromatic rings. The van der Waals surface area contributed by atoms with Crippen LogP contribution in [0.1, 0.15) is 30.0 Å². The van der Waals surface area contributed by atoms with E-state index in [2.05, 4.69) is 4.72 Å². The van der Waals surface area contributed by atoms with Crippen LogP contribution in [0, 0.1) is 12.7 Å². The SMILES string of the molecule is Cc1oc(CO)cc1S(=O)(=O)NC(C)c1cccc(F)c1. The van der Waals surface area contributed by atoms with Gasteiger partial charge in [0.2, 0.25) is 10.0 Å². The molecular weight excluding hydrogens is 297 g/mol. The predicted molar refractivity (Wildman–Crippen MR) is 74.5 cm³/mol. The Balaban J connectivity index is 2.26. The monoisotopic (exact) mass is 313 g/mol. The van der Waals surface area contributed by atoms with Crippen molar-refractivity contribution in [1.29, 1.82) is 0 Å². The summed E-state index contributed by atoms with van der Waals surface area (Å²) in [5.41, 5.74) is 0.516. The van der Waals surface area contributed by atoms with Gasteiger partial charge in [0, 0.05) is 12.1 Å². The fourth-order valence-corrected chi connectivity index (χ4v) is 3.44. The van der Waals surface area contributed by atoms with Crippen molar-refractivity contribution in [2.75, 3.05) is 0 Å². The van der Waals surface area contributed by atoms with E-state index >= 15 is 0 Å². The number of furan rings is 1. The minimum Gasteiger partial charge on any atom is -0.462 e. The average Bonchev–Trinajstić information content (AvgIpc) is 2.80. The second kappa shape index (κ2) is 5.97. The Kier molecular flexibility index (Phi) is 4.46. The van der Waals surface area contributed by atoms with Gasteiger partial charge in [0.25, 0.3) is 0 Å². The molecule has 0 aliphatic rings. The highest BCUT2D eigenvalue weighted by Crippen LogP contribution is 2.23. The lowest BCUT2D eigenvalue weighted by Gasteiger charge is -2.14. The van der Waals surface area contributed by atoms with Gasteiger partial charge in [0.1, 0.15) is 28.8 Å². The fraction of sp³-hybridized carbons (Fsp3) is 0.286. The molecule has 1 aromatic carbocycles. The van der Waals surface area contributed by atoms with Crippen molar-refractivity contribution in [3.63, 3.8) is 0 Å². The Morgan fingerprint density at radius 2 is 2.10 bits per heavy atom. The summed E-state index contributed by atoms with van der Waals surface area (Å²) in [6.07, 6.45) is 0. The molecule has 0 bridgehead atoms. The lowest BCUT2D eigenvalue weighted by Crippen LogP contribution is -2.27. The smallest absolute Gasteiger partial charge is 0.244 e. The number of aryl methyl sites for hydroxylation is 1. The highest BCUT2D eigenvalue weighted by Gasteiger charge is 2.23. The van der Waals surface area contributed by atoms with E-state index in [1.807, 2.05) is 0 Å². The van der Waals surface area contributed by atoms with Gasteiger partial charge in [-0.15, -0.1) is 0 Å². The maximum absolute atomic E-state index is 13.2. The van der Waals surface area contributed by atoms with Gasteiger partial charge in [-0.25, -0.2) is 17.5 Å². The molecule has 7 heteroatoms. The van der Waals surface area contributed by atoms with Crippen molar-refractivity contribution >= 4 is 10.0 Å². The summed E-state index contributed by atoms with van der Waals surface area (Å²) in [5.74, 6) is -0.0649. The van der Waals surface area contributed by atoms with Crippen LogP contribution in [-0.2, 0) is 16.6 Å². The minimum atomic E-state index is -3.82. The van der Waals surface area contributed by atoms with E-state index in [1.54, 1.807) is 13.0 Å². The Morgan fingerprint density at radius 1 is 1.38 bits per heavy atom. The van der Waals surface area contributed by atoms with Crippen LogP contribution in [0.15, 0.2) is 39.6 Å². The van der Waals surface area contributed by atoms with Crippen LogP contribution in [0.5, 0.6) is 0 Å². The summed E-state index contributed by atoms with van der Waals surface area (Å²) in [5, 5.41) is 8.98. The molecule has 1 heterocycles. The third-order valence-electron chi connectivity index (χ3n) is 3.05. The van der Waals surface area contributed by atoms with Crippen molar-refractivity contribution in [3.05, 3.63) is 53.2 Å². The molecule has 5 nitrogen and oxygen atoms in total. The summed E-state index contributed by atoms with van der Waals surface area (Å²) in [6.45, 7) is 2.74. The van der Waals surface area contributed by atoms with Crippen LogP contribution in [0.25, 0.3) is 0 Å². The number of hydrogen-bond donors (Lipinski definition) is 2. The molecule has 2 rings (SSSR count). The fourth-order valence-electron chi connectivity index (χ4n) is 2.01. The van der Waals surface area contributed by atoms with E-state index in [1.165, 1.54) is 31.2 Å². The number of aliphatic hydroxyl groups excluding tert-OH is 1. The summed E-state index contributed by atoms with van der Waals surface area (Å²) >= 11 is 0. The van der Waals surface area contributed by atoms with Crippen molar-refractivity contribution in [1.82, 2.24) is 4.72 Å². The van der Waals surface area contributed by atoms with Gasteiger partial charge in [-0.1, -0.05) is 12.1 Å². The Labute approximate surface area is 122 Å². The molecule has 114 valence electrons. The molecule has 0 aliphatic carbocycles. The highest BCUT2D eigenvalue weighted by atomic mass is 32.2. The molecule has 2 N–H and O–H groups in total. The zero-order valence-electron chi connectivity index (χ0n) is 11.6. The normalized spacial score (nSPS) is 13.3. The van der Waals surface area contributed by atoms with Gasteiger partial charge < -0.3 is 9.52 Å². The lowest BCUT2D eigenvalue weighted by molar-refractivity contribution is 0.244. The molecule has 21 heavy (non-hydrogen) atoms. The average molecular weight is 313 g/mol. The Morgan fingerprint density at radius 3 is 2.67 bits per heavy atom. The lowest BCUT2D eigenvalue weighted by atomic mass is 10.1. The highest BCUT2D eigenvalue weighted by molar-refractivity contribution is 7.89. The topological polar surface area (TPSA) is 79.5 Å². The van der Waals surface area contributed by atoms with E-state index in [0.29, 0.717) is 5.56 Å². The van der Waals surface area contributed by atoms with Crippen LogP contribution in [0.4, 0.5) is 4.39 Å². The number of sulfonamides is 1. The van der Waals surface area contributed by atoms with Gasteiger partial charge in [0.05, 0.1) is 0 Å². The maximum Gasteiger partial charge on any atom is 0.244 e. The quantitative estimate of drug-likeness (QED) is 0.887. The minimum absolute atomic E-state index is 0.0326. The first-order valence-electron chi connectivity index (χ1n) is 6.31. The third kappa shape index (κ3) is 3.49. The molecular formula is C14H16FNO4S. The third-order valence-corrected chi connectivity index (χ3v) is 4.70. The van der Waals surface area contributed by atoms with Gasteiger partial charge >= 0.3 is 0 Å². The summed E-state index contributed by atoms with van der Waals surface area (Å²) in [4.78, 5) is -0.0326. The molecule has 1 unspecified atom stereocenters. The number of halogens is 1. The second-order valence-corrected chi connectivity index (χ2v) is 6.37. The molecule has 0 radical (unpaired) electrons. The Hall–Kier alpha value is -1.70. The largest absolute Gasteiger partial charge is 0.462 e. The predicted octanol–water partition coefficient (Wildman–Crippen LogP) is 2.26. The molecule has 1 atom stereocenters. The molecule has 0 saturated heterocycles. The molecule has 0 saturated carbocycles. The molecule has 1 aromatic heterocycles. The van der Waals surface area contributed by atoms with Gasteiger partial charge in [-0.05, 0) is 31.5 Å². The number of nitrogens with one attached hydrogen (secondary N) is 1. The van der Waals surface area contributed by atoms with Crippen LogP contribution < -0.4 is 4.72 Å². The van der Waals surface area contributed by atoms with Crippen LogP contribution in [-0.4, -0.2) is 13.5 Å². The maximum atomic E-state index is 13.2. The number of benzene rings is 1. The van der Waals surface area contributed by atoms with Crippen LogP contribution in [0.3, 0.4) is 0 Å². The van der Waals surface area contributed by atoms with Crippen molar-refractivity contribution < 1.29 is 22.3 Å². The van der Waals surface area contributed by atoms with Gasteiger partial charge in [-0.3, -0.25) is 0 Å².